The summed E-state index contributed by atoms with van der Waals surface area (Å²) in [6.45, 7) is 3.91. The molecule has 2 aromatic carbocycles. The summed E-state index contributed by atoms with van der Waals surface area (Å²) >= 11 is 6.05. The molecule has 1 aliphatic heterocycles. The molecule has 1 fully saturated rings. The summed E-state index contributed by atoms with van der Waals surface area (Å²) in [4.78, 5) is 40.3. The number of morpholine rings is 1. The van der Waals surface area contributed by atoms with Crippen LogP contribution in [0.2, 0.25) is 5.02 Å². The number of carbonyl (C=O) groups excluding carboxylic acids is 2. The van der Waals surface area contributed by atoms with E-state index in [-0.39, 0.29) is 30.8 Å². The van der Waals surface area contributed by atoms with E-state index in [1.54, 1.807) is 18.2 Å². The summed E-state index contributed by atoms with van der Waals surface area (Å²) in [6.07, 6.45) is 0.279. The van der Waals surface area contributed by atoms with Crippen molar-refractivity contribution in [2.45, 2.75) is 19.4 Å². The normalized spacial score (nSPS) is 13.9. The Hall–Kier alpha value is -3.01. The summed E-state index contributed by atoms with van der Waals surface area (Å²) in [7, 11) is 0. The van der Waals surface area contributed by atoms with E-state index in [1.807, 2.05) is 0 Å². The lowest BCUT2D eigenvalue weighted by Gasteiger charge is -2.26. The van der Waals surface area contributed by atoms with Crippen molar-refractivity contribution in [1.82, 2.24) is 15.1 Å². The van der Waals surface area contributed by atoms with Gasteiger partial charge in [-0.05, 0) is 49.2 Å². The van der Waals surface area contributed by atoms with Crippen LogP contribution in [0.1, 0.15) is 34.3 Å². The number of amides is 2. The quantitative estimate of drug-likeness (QED) is 0.358. The van der Waals surface area contributed by atoms with E-state index in [4.69, 9.17) is 16.3 Å². The highest BCUT2D eigenvalue weighted by Crippen LogP contribution is 2.21. The number of halogens is 2. The zero-order chi connectivity index (χ0) is 25.2. The molecule has 2 N–H and O–H groups in total. The number of benzene rings is 2. The number of unbranched alkanes of at least 4 members (excludes halogenated alkanes) is 1. The number of hydrogen-bond donors (Lipinski definition) is 2. The Balaban J connectivity index is 1.54. The van der Waals surface area contributed by atoms with E-state index in [2.05, 4.69) is 10.2 Å². The largest absolute Gasteiger partial charge is 0.465 e. The van der Waals surface area contributed by atoms with Crippen molar-refractivity contribution in [3.05, 3.63) is 70.0 Å². The average Bonchev–Trinajstić information content (AvgIpc) is 2.85. The maximum absolute atomic E-state index is 14.1. The molecule has 2 amide bonds. The molecule has 3 rings (SSSR count). The Bertz CT molecular complexity index is 1050. The monoisotopic (exact) mass is 505 g/mol. The van der Waals surface area contributed by atoms with Gasteiger partial charge in [-0.1, -0.05) is 29.8 Å². The molecule has 8 nitrogen and oxygen atoms in total. The maximum atomic E-state index is 14.1. The van der Waals surface area contributed by atoms with Gasteiger partial charge in [0.05, 0.1) is 18.8 Å². The van der Waals surface area contributed by atoms with Crippen LogP contribution in [0.25, 0.3) is 0 Å². The first-order valence-corrected chi connectivity index (χ1v) is 11.9. The molecule has 1 aliphatic rings. The Labute approximate surface area is 208 Å². The lowest BCUT2D eigenvalue weighted by molar-refractivity contribution is -0.122. The molecule has 0 atom stereocenters. The third kappa shape index (κ3) is 8.02. The van der Waals surface area contributed by atoms with Gasteiger partial charge in [0.1, 0.15) is 12.4 Å². The third-order valence-corrected chi connectivity index (χ3v) is 6.01. The van der Waals surface area contributed by atoms with Crippen LogP contribution in [0, 0.1) is 5.82 Å². The maximum Gasteiger partial charge on any atom is 0.407 e. The second kappa shape index (κ2) is 13.2. The molecule has 0 radical (unpaired) electrons. The lowest BCUT2D eigenvalue weighted by Crippen LogP contribution is -2.41. The van der Waals surface area contributed by atoms with Crippen molar-refractivity contribution in [1.29, 1.82) is 0 Å². The summed E-state index contributed by atoms with van der Waals surface area (Å²) in [5.74, 6) is -1.71. The smallest absolute Gasteiger partial charge is 0.407 e. The van der Waals surface area contributed by atoms with Gasteiger partial charge in [0.2, 0.25) is 5.91 Å². The molecule has 1 saturated heterocycles. The minimum absolute atomic E-state index is 0.0317. The van der Waals surface area contributed by atoms with Gasteiger partial charge >= 0.3 is 6.09 Å². The number of nitrogens with zero attached hydrogens (tertiary/aromatic N) is 2. The van der Waals surface area contributed by atoms with E-state index in [1.165, 1.54) is 24.3 Å². The van der Waals surface area contributed by atoms with Gasteiger partial charge in [-0.15, -0.1) is 0 Å². The van der Waals surface area contributed by atoms with E-state index in [9.17, 15) is 23.9 Å². The fourth-order valence-corrected chi connectivity index (χ4v) is 4.00. The fourth-order valence-electron chi connectivity index (χ4n) is 3.83. The van der Waals surface area contributed by atoms with Crippen molar-refractivity contribution in [3.8, 4) is 0 Å². The third-order valence-electron chi connectivity index (χ3n) is 5.77. The first-order valence-electron chi connectivity index (χ1n) is 11.5. The van der Waals surface area contributed by atoms with E-state index < -0.39 is 23.6 Å². The molecule has 35 heavy (non-hydrogen) atoms. The van der Waals surface area contributed by atoms with Crippen LogP contribution in [0.4, 0.5) is 9.18 Å². The predicted molar refractivity (Wildman–Crippen MR) is 129 cm³/mol. The molecule has 0 aliphatic carbocycles. The Morgan fingerprint density at radius 2 is 1.83 bits per heavy atom. The van der Waals surface area contributed by atoms with E-state index in [0.717, 1.165) is 31.0 Å². The first-order chi connectivity index (χ1) is 16.8. The van der Waals surface area contributed by atoms with Gasteiger partial charge in [-0.3, -0.25) is 19.4 Å². The van der Waals surface area contributed by atoms with E-state index in [0.29, 0.717) is 30.2 Å². The molecular formula is C25H29ClFN3O5. The van der Waals surface area contributed by atoms with Crippen molar-refractivity contribution >= 4 is 29.4 Å². The minimum Gasteiger partial charge on any atom is -0.465 e. The predicted octanol–water partition coefficient (Wildman–Crippen LogP) is 3.42. The number of carboxylic acid groups (broad SMARTS) is 1. The molecular weight excluding hydrogens is 477 g/mol. The van der Waals surface area contributed by atoms with Gasteiger partial charge in [0, 0.05) is 36.8 Å². The standard InChI is InChI=1S/C25H29ClFN3O5/c26-19-8-7-18(21(15-19)24(32)20-5-1-2-6-22(20)27)16-28-23(31)17-30(25(33)34)10-4-3-9-29-11-13-35-14-12-29/h1-2,5-8,15H,3-4,9-14,16-17H2,(H,28,31)(H,33,34). The van der Waals surface area contributed by atoms with Gasteiger partial charge in [0.15, 0.2) is 5.78 Å². The fraction of sp³-hybridized carbons (Fsp3) is 0.400. The number of ether oxygens (including phenoxy) is 1. The number of carbonyl (C=O) groups is 3. The second-order valence-electron chi connectivity index (χ2n) is 8.25. The SMILES string of the molecule is O=C(CN(CCCCN1CCOCC1)C(=O)O)NCc1ccc(Cl)cc1C(=O)c1ccccc1F. The van der Waals surface area contributed by atoms with Crippen molar-refractivity contribution < 1.29 is 28.6 Å². The van der Waals surface area contributed by atoms with Crippen molar-refractivity contribution in [2.75, 3.05) is 45.9 Å². The molecule has 0 aromatic heterocycles. The Morgan fingerprint density at radius 1 is 1.09 bits per heavy atom. The van der Waals surface area contributed by atoms with Crippen LogP contribution in [-0.2, 0) is 16.1 Å². The van der Waals surface area contributed by atoms with Gasteiger partial charge in [0.25, 0.3) is 0 Å². The van der Waals surface area contributed by atoms with Crippen LogP contribution in [-0.4, -0.2) is 78.6 Å². The number of hydrogen-bond acceptors (Lipinski definition) is 5. The first kappa shape index (κ1) is 26.6. The van der Waals surface area contributed by atoms with Crippen LogP contribution in [0.15, 0.2) is 42.5 Å². The summed E-state index contributed by atoms with van der Waals surface area (Å²) < 4.78 is 19.4. The van der Waals surface area contributed by atoms with Crippen LogP contribution < -0.4 is 5.32 Å². The molecule has 188 valence electrons. The zero-order valence-corrected chi connectivity index (χ0v) is 20.1. The summed E-state index contributed by atoms with van der Waals surface area (Å²) in [5.41, 5.74) is 0.515. The number of nitrogens with one attached hydrogen (secondary N) is 1. The van der Waals surface area contributed by atoms with Crippen LogP contribution in [0.3, 0.4) is 0 Å². The van der Waals surface area contributed by atoms with Crippen LogP contribution in [0.5, 0.6) is 0 Å². The number of rotatable bonds is 11. The van der Waals surface area contributed by atoms with Gasteiger partial charge < -0.3 is 15.2 Å². The lowest BCUT2D eigenvalue weighted by atomic mass is 9.98. The van der Waals surface area contributed by atoms with Crippen molar-refractivity contribution in [2.24, 2.45) is 0 Å². The van der Waals surface area contributed by atoms with E-state index >= 15 is 0 Å². The highest BCUT2D eigenvalue weighted by atomic mass is 35.5. The van der Waals surface area contributed by atoms with Crippen LogP contribution >= 0.6 is 11.6 Å². The average molecular weight is 506 g/mol. The molecule has 0 saturated carbocycles. The Kier molecular flexibility index (Phi) is 10.0. The highest BCUT2D eigenvalue weighted by molar-refractivity contribution is 6.31. The molecule has 0 spiro atoms. The zero-order valence-electron chi connectivity index (χ0n) is 19.3. The molecule has 0 unspecified atom stereocenters. The van der Waals surface area contributed by atoms with Gasteiger partial charge in [-0.2, -0.15) is 0 Å². The molecule has 0 bridgehead atoms. The minimum atomic E-state index is -1.17. The second-order valence-corrected chi connectivity index (χ2v) is 8.69. The molecule has 2 aromatic rings. The molecule has 10 heteroatoms. The molecule has 1 heterocycles. The number of ketones is 1. The summed E-state index contributed by atoms with van der Waals surface area (Å²) in [5, 5.41) is 12.4. The van der Waals surface area contributed by atoms with Gasteiger partial charge in [-0.25, -0.2) is 9.18 Å². The topological polar surface area (TPSA) is 99.2 Å². The highest BCUT2D eigenvalue weighted by Gasteiger charge is 2.20. The summed E-state index contributed by atoms with van der Waals surface area (Å²) in [6, 6.07) is 10.2. The van der Waals surface area contributed by atoms with Crippen molar-refractivity contribution in [3.63, 3.8) is 0 Å². The Morgan fingerprint density at radius 3 is 2.54 bits per heavy atom.